The Labute approximate surface area is 118 Å². The van der Waals surface area contributed by atoms with Crippen molar-refractivity contribution in [3.63, 3.8) is 0 Å². The summed E-state index contributed by atoms with van der Waals surface area (Å²) in [5, 5.41) is 11.7. The Morgan fingerprint density at radius 3 is 2.80 bits per heavy atom. The number of hydrogen-bond donors (Lipinski definition) is 1. The van der Waals surface area contributed by atoms with Crippen LogP contribution in [0.4, 0.5) is 0 Å². The van der Waals surface area contributed by atoms with Gasteiger partial charge in [-0.05, 0) is 37.5 Å². The summed E-state index contributed by atoms with van der Waals surface area (Å²) in [6, 6.07) is 8.67. The van der Waals surface area contributed by atoms with Crippen LogP contribution in [0.25, 0.3) is 0 Å². The highest BCUT2D eigenvalue weighted by Crippen LogP contribution is 2.18. The zero-order chi connectivity index (χ0) is 14.5. The van der Waals surface area contributed by atoms with E-state index in [0.717, 1.165) is 18.4 Å². The molecule has 0 aliphatic carbocycles. The van der Waals surface area contributed by atoms with Crippen molar-refractivity contribution in [2.24, 2.45) is 0 Å². The first-order valence-corrected chi connectivity index (χ1v) is 6.67. The van der Waals surface area contributed by atoms with Crippen molar-refractivity contribution in [3.05, 3.63) is 35.4 Å². The van der Waals surface area contributed by atoms with Crippen LogP contribution in [-0.4, -0.2) is 29.8 Å². The monoisotopic (exact) mass is 271 g/mol. The van der Waals surface area contributed by atoms with Crippen LogP contribution in [0.1, 0.15) is 36.9 Å². The van der Waals surface area contributed by atoms with Crippen LogP contribution in [0.2, 0.25) is 0 Å². The van der Waals surface area contributed by atoms with E-state index in [0.29, 0.717) is 18.5 Å². The summed E-state index contributed by atoms with van der Waals surface area (Å²) in [5.74, 6) is -0.119. The van der Waals surface area contributed by atoms with Crippen molar-refractivity contribution in [1.29, 1.82) is 5.26 Å². The molecule has 1 N–H and O–H groups in total. The molecule has 1 heterocycles. The number of nitriles is 1. The summed E-state index contributed by atoms with van der Waals surface area (Å²) in [5.41, 5.74) is 1.53. The minimum atomic E-state index is -0.353. The van der Waals surface area contributed by atoms with Gasteiger partial charge in [0, 0.05) is 6.54 Å². The Morgan fingerprint density at radius 2 is 2.20 bits per heavy atom. The van der Waals surface area contributed by atoms with E-state index in [1.165, 1.54) is 0 Å². The maximum Gasteiger partial charge on any atom is 0.243 e. The van der Waals surface area contributed by atoms with Gasteiger partial charge < -0.3 is 10.2 Å². The summed E-state index contributed by atoms with van der Waals surface area (Å²) in [7, 11) is 0. The van der Waals surface area contributed by atoms with Crippen LogP contribution >= 0.6 is 0 Å². The SMILES string of the molecule is CC(NC(=O)C1CCCN1C=O)c1ccc(C#N)cc1. The Balaban J connectivity index is 1.99. The van der Waals surface area contributed by atoms with E-state index >= 15 is 0 Å². The zero-order valence-corrected chi connectivity index (χ0v) is 11.4. The number of likely N-dealkylation sites (tertiary alicyclic amines) is 1. The van der Waals surface area contributed by atoms with Gasteiger partial charge in [0.25, 0.3) is 0 Å². The van der Waals surface area contributed by atoms with Crippen LogP contribution in [0, 0.1) is 11.3 Å². The number of nitrogens with zero attached hydrogens (tertiary/aromatic N) is 2. The van der Waals surface area contributed by atoms with Gasteiger partial charge in [0.15, 0.2) is 0 Å². The molecule has 1 aromatic carbocycles. The van der Waals surface area contributed by atoms with Crippen LogP contribution in [0.5, 0.6) is 0 Å². The molecule has 104 valence electrons. The van der Waals surface area contributed by atoms with Gasteiger partial charge in [0.2, 0.25) is 12.3 Å². The molecule has 0 bridgehead atoms. The molecule has 0 radical (unpaired) electrons. The van der Waals surface area contributed by atoms with E-state index in [1.807, 2.05) is 19.1 Å². The maximum atomic E-state index is 12.2. The van der Waals surface area contributed by atoms with E-state index in [2.05, 4.69) is 11.4 Å². The molecule has 1 aliphatic rings. The smallest absolute Gasteiger partial charge is 0.243 e. The van der Waals surface area contributed by atoms with Crippen molar-refractivity contribution >= 4 is 12.3 Å². The highest BCUT2D eigenvalue weighted by Gasteiger charge is 2.30. The topological polar surface area (TPSA) is 73.2 Å². The second kappa shape index (κ2) is 6.20. The van der Waals surface area contributed by atoms with Crippen LogP contribution in [-0.2, 0) is 9.59 Å². The quantitative estimate of drug-likeness (QED) is 0.840. The third-order valence-corrected chi connectivity index (χ3v) is 3.63. The van der Waals surface area contributed by atoms with Crippen molar-refractivity contribution in [3.8, 4) is 6.07 Å². The summed E-state index contributed by atoms with van der Waals surface area (Å²) in [6.45, 7) is 2.53. The van der Waals surface area contributed by atoms with Gasteiger partial charge in [-0.25, -0.2) is 0 Å². The first-order valence-electron chi connectivity index (χ1n) is 6.67. The zero-order valence-electron chi connectivity index (χ0n) is 11.4. The fourth-order valence-corrected chi connectivity index (χ4v) is 2.44. The lowest BCUT2D eigenvalue weighted by Crippen LogP contribution is -2.43. The van der Waals surface area contributed by atoms with Gasteiger partial charge in [-0.3, -0.25) is 9.59 Å². The normalized spacial score (nSPS) is 19.2. The molecular weight excluding hydrogens is 254 g/mol. The Bertz CT molecular complexity index is 533. The molecule has 5 nitrogen and oxygen atoms in total. The molecule has 2 amide bonds. The molecule has 0 saturated carbocycles. The third kappa shape index (κ3) is 2.97. The molecular formula is C15H17N3O2. The number of carbonyl (C=O) groups excluding carboxylic acids is 2. The third-order valence-electron chi connectivity index (χ3n) is 3.63. The van der Waals surface area contributed by atoms with E-state index < -0.39 is 0 Å². The Kier molecular flexibility index (Phi) is 4.36. The number of benzene rings is 1. The first-order chi connectivity index (χ1) is 9.65. The second-order valence-electron chi connectivity index (χ2n) is 4.97. The molecule has 1 fully saturated rings. The Morgan fingerprint density at radius 1 is 1.50 bits per heavy atom. The van der Waals surface area contributed by atoms with Gasteiger partial charge in [-0.15, -0.1) is 0 Å². The van der Waals surface area contributed by atoms with Crippen LogP contribution in [0.15, 0.2) is 24.3 Å². The number of carbonyl (C=O) groups is 2. The van der Waals surface area contributed by atoms with Gasteiger partial charge in [-0.1, -0.05) is 12.1 Å². The predicted molar refractivity (Wildman–Crippen MR) is 73.5 cm³/mol. The molecule has 2 unspecified atom stereocenters. The lowest BCUT2D eigenvalue weighted by atomic mass is 10.1. The first kappa shape index (κ1) is 14.1. The standard InChI is InChI=1S/C15H17N3O2/c1-11(13-6-4-12(9-16)5-7-13)17-15(20)14-3-2-8-18(14)10-19/h4-7,10-11,14H,2-3,8H2,1H3,(H,17,20). The lowest BCUT2D eigenvalue weighted by Gasteiger charge is -2.22. The van der Waals surface area contributed by atoms with Crippen molar-refractivity contribution < 1.29 is 9.59 Å². The van der Waals surface area contributed by atoms with Gasteiger partial charge in [0.05, 0.1) is 17.7 Å². The summed E-state index contributed by atoms with van der Waals surface area (Å²) in [4.78, 5) is 24.6. The fourth-order valence-electron chi connectivity index (χ4n) is 2.44. The number of nitrogens with one attached hydrogen (secondary N) is 1. The number of hydrogen-bond acceptors (Lipinski definition) is 3. The van der Waals surface area contributed by atoms with E-state index in [4.69, 9.17) is 5.26 Å². The minimum absolute atomic E-state index is 0.119. The molecule has 20 heavy (non-hydrogen) atoms. The average Bonchev–Trinajstić information content (AvgIpc) is 2.95. The molecule has 0 spiro atoms. The maximum absolute atomic E-state index is 12.2. The second-order valence-corrected chi connectivity index (χ2v) is 4.97. The molecule has 5 heteroatoms. The number of rotatable bonds is 4. The Hall–Kier alpha value is -2.35. The van der Waals surface area contributed by atoms with Crippen molar-refractivity contribution in [1.82, 2.24) is 10.2 Å². The highest BCUT2D eigenvalue weighted by atomic mass is 16.2. The molecule has 1 aromatic rings. The highest BCUT2D eigenvalue weighted by molar-refractivity contribution is 5.84. The van der Waals surface area contributed by atoms with Crippen molar-refractivity contribution in [2.75, 3.05) is 6.54 Å². The summed E-state index contributed by atoms with van der Waals surface area (Å²) in [6.07, 6.45) is 2.32. The van der Waals surface area contributed by atoms with Gasteiger partial charge in [-0.2, -0.15) is 5.26 Å². The van der Waals surface area contributed by atoms with Crippen LogP contribution < -0.4 is 5.32 Å². The summed E-state index contributed by atoms with van der Waals surface area (Å²) >= 11 is 0. The lowest BCUT2D eigenvalue weighted by molar-refractivity contribution is -0.131. The van der Waals surface area contributed by atoms with Crippen molar-refractivity contribution in [2.45, 2.75) is 31.8 Å². The van der Waals surface area contributed by atoms with E-state index in [-0.39, 0.29) is 18.0 Å². The molecule has 1 aliphatic heterocycles. The van der Waals surface area contributed by atoms with Gasteiger partial charge >= 0.3 is 0 Å². The van der Waals surface area contributed by atoms with E-state index in [9.17, 15) is 9.59 Å². The molecule has 2 rings (SSSR count). The van der Waals surface area contributed by atoms with E-state index in [1.54, 1.807) is 17.0 Å². The molecule has 1 saturated heterocycles. The molecule has 2 atom stereocenters. The van der Waals surface area contributed by atoms with Gasteiger partial charge in [0.1, 0.15) is 6.04 Å². The summed E-state index contributed by atoms with van der Waals surface area (Å²) < 4.78 is 0. The van der Waals surface area contributed by atoms with Crippen LogP contribution in [0.3, 0.4) is 0 Å². The average molecular weight is 271 g/mol. The largest absolute Gasteiger partial charge is 0.348 e. The number of amides is 2. The minimum Gasteiger partial charge on any atom is -0.348 e. The molecule has 0 aromatic heterocycles. The predicted octanol–water partition coefficient (Wildman–Crippen LogP) is 1.36. The fraction of sp³-hybridized carbons (Fsp3) is 0.400.